The largest absolute Gasteiger partial charge is 0.399 e. The number of anilines is 2. The number of benzene rings is 2. The van der Waals surface area contributed by atoms with Crippen molar-refractivity contribution in [3.8, 4) is 0 Å². The lowest BCUT2D eigenvalue weighted by atomic mass is 10.1. The summed E-state index contributed by atoms with van der Waals surface area (Å²) in [5, 5.41) is 0. The number of carbonyl (C=O) groups is 1. The number of halogens is 1. The molecule has 0 saturated heterocycles. The first-order valence-electron chi connectivity index (χ1n) is 6.21. The van der Waals surface area contributed by atoms with Crippen molar-refractivity contribution in [2.24, 2.45) is 0 Å². The lowest BCUT2D eigenvalue weighted by Gasteiger charge is -2.29. The summed E-state index contributed by atoms with van der Waals surface area (Å²) in [5.41, 5.74) is 7.73. The van der Waals surface area contributed by atoms with Crippen molar-refractivity contribution >= 4 is 29.0 Å². The summed E-state index contributed by atoms with van der Waals surface area (Å²) >= 11 is 1.46. The summed E-state index contributed by atoms with van der Waals surface area (Å²) in [5.74, 6) is 0.0382. The van der Waals surface area contributed by atoms with Gasteiger partial charge < -0.3 is 10.6 Å². The van der Waals surface area contributed by atoms with Crippen LogP contribution in [0.4, 0.5) is 15.8 Å². The number of thioether (sulfide) groups is 1. The molecular weight excluding hydrogens is 275 g/mol. The summed E-state index contributed by atoms with van der Waals surface area (Å²) in [6.07, 6.45) is 0. The van der Waals surface area contributed by atoms with Crippen LogP contribution in [-0.4, -0.2) is 11.7 Å². The molecule has 0 fully saturated rings. The van der Waals surface area contributed by atoms with Crippen LogP contribution in [0.3, 0.4) is 0 Å². The van der Waals surface area contributed by atoms with Gasteiger partial charge in [0, 0.05) is 16.1 Å². The molecule has 2 aromatic carbocycles. The van der Waals surface area contributed by atoms with E-state index in [1.807, 2.05) is 12.1 Å². The van der Waals surface area contributed by atoms with Gasteiger partial charge in [0.15, 0.2) is 0 Å². The molecule has 0 aromatic heterocycles. The van der Waals surface area contributed by atoms with Crippen molar-refractivity contribution in [1.29, 1.82) is 0 Å². The van der Waals surface area contributed by atoms with Gasteiger partial charge in [-0.1, -0.05) is 18.2 Å². The van der Waals surface area contributed by atoms with Gasteiger partial charge in [0.1, 0.15) is 5.82 Å². The zero-order valence-corrected chi connectivity index (χ0v) is 11.5. The Labute approximate surface area is 120 Å². The van der Waals surface area contributed by atoms with Crippen LogP contribution in [0.1, 0.15) is 5.56 Å². The van der Waals surface area contributed by atoms with Crippen molar-refractivity contribution in [2.75, 3.05) is 16.4 Å². The van der Waals surface area contributed by atoms with Crippen LogP contribution in [0.2, 0.25) is 0 Å². The molecule has 5 heteroatoms. The Hall–Kier alpha value is -2.01. The highest BCUT2D eigenvalue weighted by Gasteiger charge is 2.25. The van der Waals surface area contributed by atoms with Gasteiger partial charge in [0.25, 0.3) is 0 Å². The number of nitrogens with two attached hydrogens (primary N) is 1. The number of nitrogens with zero attached hydrogens (tertiary/aromatic N) is 1. The zero-order valence-electron chi connectivity index (χ0n) is 10.7. The number of carbonyl (C=O) groups excluding carboxylic acids is 1. The van der Waals surface area contributed by atoms with Gasteiger partial charge in [-0.3, -0.25) is 4.79 Å². The lowest BCUT2D eigenvalue weighted by Crippen LogP contribution is -2.35. The summed E-state index contributed by atoms with van der Waals surface area (Å²) in [6, 6.07) is 11.9. The summed E-state index contributed by atoms with van der Waals surface area (Å²) in [6.45, 7) is 0.239. The normalized spacial score (nSPS) is 14.2. The molecular formula is C15H13FN2OS. The third-order valence-electron chi connectivity index (χ3n) is 3.21. The minimum Gasteiger partial charge on any atom is -0.399 e. The fourth-order valence-electron chi connectivity index (χ4n) is 2.19. The standard InChI is InChI=1S/C15H13FN2OS/c16-12-4-2-1-3-10(12)8-18-13-6-5-11(17)7-14(13)20-9-15(18)19/h1-7H,8-9,17H2. The predicted octanol–water partition coefficient (Wildman–Crippen LogP) is 3.05. The van der Waals surface area contributed by atoms with Gasteiger partial charge in [-0.2, -0.15) is 0 Å². The van der Waals surface area contributed by atoms with Crippen LogP contribution < -0.4 is 10.6 Å². The topological polar surface area (TPSA) is 46.3 Å². The van der Waals surface area contributed by atoms with E-state index in [1.165, 1.54) is 17.8 Å². The summed E-state index contributed by atoms with van der Waals surface area (Å²) in [7, 11) is 0. The van der Waals surface area contributed by atoms with E-state index in [1.54, 1.807) is 29.2 Å². The fourth-order valence-corrected chi connectivity index (χ4v) is 3.17. The number of amides is 1. The quantitative estimate of drug-likeness (QED) is 0.864. The molecule has 2 N–H and O–H groups in total. The van der Waals surface area contributed by atoms with Crippen molar-refractivity contribution in [3.05, 3.63) is 53.8 Å². The number of hydrogen-bond donors (Lipinski definition) is 1. The van der Waals surface area contributed by atoms with E-state index in [0.717, 1.165) is 10.6 Å². The maximum atomic E-state index is 13.7. The predicted molar refractivity (Wildman–Crippen MR) is 79.2 cm³/mol. The third-order valence-corrected chi connectivity index (χ3v) is 4.24. The van der Waals surface area contributed by atoms with E-state index >= 15 is 0 Å². The number of rotatable bonds is 2. The van der Waals surface area contributed by atoms with E-state index in [4.69, 9.17) is 5.73 Å². The molecule has 0 radical (unpaired) electrons. The molecule has 1 heterocycles. The van der Waals surface area contributed by atoms with Gasteiger partial charge in [0.05, 0.1) is 18.0 Å². The maximum absolute atomic E-state index is 13.7. The second-order valence-corrected chi connectivity index (χ2v) is 5.60. The SMILES string of the molecule is Nc1ccc2c(c1)SCC(=O)N2Cc1ccccc1F. The molecule has 0 atom stereocenters. The van der Waals surface area contributed by atoms with Crippen LogP contribution in [0, 0.1) is 5.82 Å². The van der Waals surface area contributed by atoms with Gasteiger partial charge in [0.2, 0.25) is 5.91 Å². The molecule has 0 unspecified atom stereocenters. The Bertz CT molecular complexity index is 675. The second kappa shape index (κ2) is 5.17. The molecule has 20 heavy (non-hydrogen) atoms. The Balaban J connectivity index is 1.97. The molecule has 0 aliphatic carbocycles. The molecule has 102 valence electrons. The summed E-state index contributed by atoms with van der Waals surface area (Å²) < 4.78 is 13.7. The Morgan fingerprint density at radius 1 is 1.25 bits per heavy atom. The molecule has 3 rings (SSSR count). The molecule has 0 spiro atoms. The first-order chi connectivity index (χ1) is 9.65. The smallest absolute Gasteiger partial charge is 0.237 e. The van der Waals surface area contributed by atoms with Crippen molar-refractivity contribution in [1.82, 2.24) is 0 Å². The molecule has 0 bridgehead atoms. The van der Waals surface area contributed by atoms with Gasteiger partial charge in [-0.25, -0.2) is 4.39 Å². The molecule has 2 aromatic rings. The van der Waals surface area contributed by atoms with E-state index in [-0.39, 0.29) is 18.3 Å². The molecule has 1 amide bonds. The Morgan fingerprint density at radius 3 is 2.85 bits per heavy atom. The van der Waals surface area contributed by atoms with E-state index in [2.05, 4.69) is 0 Å². The van der Waals surface area contributed by atoms with Crippen molar-refractivity contribution in [2.45, 2.75) is 11.4 Å². The van der Waals surface area contributed by atoms with E-state index in [9.17, 15) is 9.18 Å². The fraction of sp³-hybridized carbons (Fsp3) is 0.133. The molecule has 3 nitrogen and oxygen atoms in total. The second-order valence-electron chi connectivity index (χ2n) is 4.59. The average molecular weight is 288 g/mol. The van der Waals surface area contributed by atoms with Gasteiger partial charge in [-0.05, 0) is 24.3 Å². The zero-order chi connectivity index (χ0) is 14.1. The van der Waals surface area contributed by atoms with Gasteiger partial charge >= 0.3 is 0 Å². The average Bonchev–Trinajstić information content (AvgIpc) is 2.44. The van der Waals surface area contributed by atoms with Crippen LogP contribution >= 0.6 is 11.8 Å². The summed E-state index contributed by atoms with van der Waals surface area (Å²) in [4.78, 5) is 14.7. The monoisotopic (exact) mass is 288 g/mol. The lowest BCUT2D eigenvalue weighted by molar-refractivity contribution is -0.116. The van der Waals surface area contributed by atoms with Crippen LogP contribution in [0.15, 0.2) is 47.4 Å². The minimum absolute atomic E-state index is 0.0180. The van der Waals surface area contributed by atoms with Crippen LogP contribution in [0.5, 0.6) is 0 Å². The highest BCUT2D eigenvalue weighted by atomic mass is 32.2. The first kappa shape index (κ1) is 13.0. The third kappa shape index (κ3) is 2.36. The molecule has 1 aliphatic rings. The van der Waals surface area contributed by atoms with Crippen molar-refractivity contribution < 1.29 is 9.18 Å². The van der Waals surface area contributed by atoms with Crippen molar-refractivity contribution in [3.63, 3.8) is 0 Å². The maximum Gasteiger partial charge on any atom is 0.237 e. The first-order valence-corrected chi connectivity index (χ1v) is 7.20. The number of nitrogen functional groups attached to an aromatic ring is 1. The minimum atomic E-state index is -0.296. The molecule has 1 aliphatic heterocycles. The van der Waals surface area contributed by atoms with Crippen LogP contribution in [-0.2, 0) is 11.3 Å². The Morgan fingerprint density at radius 2 is 2.05 bits per heavy atom. The Kier molecular flexibility index (Phi) is 3.36. The molecule has 0 saturated carbocycles. The van der Waals surface area contributed by atoms with E-state index in [0.29, 0.717) is 17.0 Å². The van der Waals surface area contributed by atoms with Crippen LogP contribution in [0.25, 0.3) is 0 Å². The highest BCUT2D eigenvalue weighted by Crippen LogP contribution is 2.37. The number of fused-ring (bicyclic) bond motifs is 1. The number of hydrogen-bond acceptors (Lipinski definition) is 3. The highest BCUT2D eigenvalue weighted by molar-refractivity contribution is 8.00. The van der Waals surface area contributed by atoms with E-state index < -0.39 is 0 Å². The van der Waals surface area contributed by atoms with Gasteiger partial charge in [-0.15, -0.1) is 11.8 Å².